The summed E-state index contributed by atoms with van der Waals surface area (Å²) in [5.41, 5.74) is 0.109. The second-order valence-corrected chi connectivity index (χ2v) is 13.5. The number of nitrogens with one attached hydrogen (secondary N) is 1. The van der Waals surface area contributed by atoms with Crippen LogP contribution in [0, 0.1) is 5.92 Å². The topological polar surface area (TPSA) is 138 Å². The number of fused-ring (bicyclic) bond motifs is 1. The van der Waals surface area contributed by atoms with Crippen LogP contribution in [-0.4, -0.2) is 101 Å². The molecule has 4 rings (SSSR count). The van der Waals surface area contributed by atoms with Gasteiger partial charge in [-0.2, -0.15) is 22.6 Å². The maximum atomic E-state index is 14.0. The Balaban J connectivity index is 1.76. The zero-order valence-corrected chi connectivity index (χ0v) is 26.0. The number of nitrogens with zero attached hydrogens (tertiary/aromatic N) is 6. The molecule has 0 spiro atoms. The number of carbonyl (C=O) groups is 3. The molecule has 0 radical (unpaired) electrons. The van der Waals surface area contributed by atoms with Crippen molar-refractivity contribution in [3.63, 3.8) is 0 Å². The second kappa shape index (κ2) is 13.2. The Hall–Kier alpha value is -3.53. The molecule has 1 N–H and O–H groups in total. The van der Waals surface area contributed by atoms with Crippen molar-refractivity contribution < 1.29 is 36.0 Å². The van der Waals surface area contributed by atoms with Gasteiger partial charge in [0.05, 0.1) is 13.1 Å². The van der Waals surface area contributed by atoms with E-state index in [2.05, 4.69) is 15.4 Å². The molecule has 2 aromatic rings. The molecule has 0 aromatic carbocycles. The summed E-state index contributed by atoms with van der Waals surface area (Å²) in [5.74, 6) is -1.29. The zero-order valence-electron chi connectivity index (χ0n) is 25.2. The zero-order chi connectivity index (χ0) is 32.4. The number of hydrogen-bond donors (Lipinski definition) is 1. The number of aryl methyl sites for hydroxylation is 1. The molecule has 1 atom stereocenters. The number of alkyl halides is 3. The fourth-order valence-electron chi connectivity index (χ4n) is 5.60. The summed E-state index contributed by atoms with van der Waals surface area (Å²) in [4.78, 5) is 45.0. The van der Waals surface area contributed by atoms with Crippen molar-refractivity contribution in [1.29, 1.82) is 0 Å². The van der Waals surface area contributed by atoms with Gasteiger partial charge in [0.25, 0.3) is 5.91 Å². The molecule has 12 nitrogen and oxygen atoms in total. The number of pyridine rings is 1. The minimum Gasteiger partial charge on any atom is -0.355 e. The van der Waals surface area contributed by atoms with Crippen LogP contribution in [0.3, 0.4) is 0 Å². The summed E-state index contributed by atoms with van der Waals surface area (Å²) in [7, 11) is -1.64. The summed E-state index contributed by atoms with van der Waals surface area (Å²) in [6.45, 7) is 2.91. The van der Waals surface area contributed by atoms with Crippen LogP contribution in [0.5, 0.6) is 0 Å². The summed E-state index contributed by atoms with van der Waals surface area (Å²) < 4.78 is 71.3. The van der Waals surface area contributed by atoms with E-state index in [1.165, 1.54) is 11.9 Å². The third kappa shape index (κ3) is 7.22. The first-order chi connectivity index (χ1) is 20.6. The van der Waals surface area contributed by atoms with Gasteiger partial charge < -0.3 is 15.1 Å². The number of amides is 3. The number of halogens is 3. The molecule has 1 aliphatic heterocycles. The first-order valence-electron chi connectivity index (χ1n) is 14.5. The van der Waals surface area contributed by atoms with Crippen LogP contribution >= 0.6 is 0 Å². The molecular weight excluding hydrogens is 603 g/mol. The normalized spacial score (nSPS) is 19.9. The van der Waals surface area contributed by atoms with E-state index in [9.17, 15) is 36.0 Å². The fraction of sp³-hybridized carbons (Fsp3) is 0.607. The lowest BCUT2D eigenvalue weighted by Crippen LogP contribution is -2.50. The maximum absolute atomic E-state index is 14.0. The molecule has 0 fully saturated rings. The Morgan fingerprint density at radius 2 is 1.86 bits per heavy atom. The van der Waals surface area contributed by atoms with Crippen molar-refractivity contribution in [2.75, 3.05) is 39.8 Å². The van der Waals surface area contributed by atoms with Gasteiger partial charge >= 0.3 is 6.18 Å². The van der Waals surface area contributed by atoms with E-state index in [0.717, 1.165) is 28.3 Å². The standard InChI is InChI=1S/C28H38F3N7O5S/c1-18(2)10-14-38-19-8-9-21-20(15-19)25(34-36(21)4)27(41)35(3)16-23(39)32-12-6-13-37(17-24(38)40)44(42,43)22-7-5-11-33-26(22)28(29,30)31/h5,7,11,18-19H,6,8-10,12-17H2,1-4H3,(H,32,39). The Bertz CT molecular complexity index is 1510. The average Bonchev–Trinajstić information content (AvgIpc) is 3.28. The third-order valence-corrected chi connectivity index (χ3v) is 9.82. The van der Waals surface area contributed by atoms with Gasteiger partial charge in [0.1, 0.15) is 4.90 Å². The van der Waals surface area contributed by atoms with Crippen LogP contribution in [0.1, 0.15) is 60.5 Å². The summed E-state index contributed by atoms with van der Waals surface area (Å²) in [5, 5.41) is 7.04. The predicted molar refractivity (Wildman–Crippen MR) is 153 cm³/mol. The lowest BCUT2D eigenvalue weighted by Gasteiger charge is -2.36. The van der Waals surface area contributed by atoms with Gasteiger partial charge in [0, 0.05) is 57.2 Å². The van der Waals surface area contributed by atoms with Gasteiger partial charge in [-0.15, -0.1) is 0 Å². The van der Waals surface area contributed by atoms with Crippen LogP contribution in [0.4, 0.5) is 13.2 Å². The van der Waals surface area contributed by atoms with Gasteiger partial charge in [-0.25, -0.2) is 8.42 Å². The van der Waals surface area contributed by atoms with Crippen molar-refractivity contribution in [3.8, 4) is 0 Å². The quantitative estimate of drug-likeness (QED) is 0.526. The molecule has 242 valence electrons. The molecule has 0 saturated heterocycles. The molecule has 1 aliphatic carbocycles. The third-order valence-electron chi connectivity index (χ3n) is 7.94. The highest BCUT2D eigenvalue weighted by atomic mass is 32.2. The van der Waals surface area contributed by atoms with Gasteiger partial charge in [-0.1, -0.05) is 13.8 Å². The molecule has 44 heavy (non-hydrogen) atoms. The predicted octanol–water partition coefficient (Wildman–Crippen LogP) is 1.85. The van der Waals surface area contributed by atoms with E-state index in [1.54, 1.807) is 16.6 Å². The molecule has 3 heterocycles. The number of rotatable bonds is 5. The number of aromatic nitrogens is 3. The van der Waals surface area contributed by atoms with E-state index < -0.39 is 57.1 Å². The highest BCUT2D eigenvalue weighted by molar-refractivity contribution is 7.89. The molecule has 16 heteroatoms. The Morgan fingerprint density at radius 3 is 2.55 bits per heavy atom. The molecular formula is C28H38F3N7O5S. The Kier molecular flexibility index (Phi) is 10.0. The smallest absolute Gasteiger partial charge is 0.355 e. The van der Waals surface area contributed by atoms with E-state index >= 15 is 0 Å². The van der Waals surface area contributed by atoms with Crippen molar-refractivity contribution in [3.05, 3.63) is 41.0 Å². The van der Waals surface area contributed by atoms with Crippen LogP contribution in [0.2, 0.25) is 0 Å². The van der Waals surface area contributed by atoms with E-state index in [-0.39, 0.29) is 44.1 Å². The van der Waals surface area contributed by atoms with Crippen molar-refractivity contribution in [2.45, 2.75) is 63.1 Å². The van der Waals surface area contributed by atoms with Crippen molar-refractivity contribution in [1.82, 2.24) is 34.2 Å². The molecule has 0 saturated carbocycles. The number of hydrogen-bond acceptors (Lipinski definition) is 7. The maximum Gasteiger partial charge on any atom is 0.434 e. The first-order valence-corrected chi connectivity index (χ1v) is 15.9. The van der Waals surface area contributed by atoms with Crippen molar-refractivity contribution >= 4 is 27.7 Å². The largest absolute Gasteiger partial charge is 0.434 e. The first kappa shape index (κ1) is 33.4. The summed E-state index contributed by atoms with van der Waals surface area (Å²) in [6, 6.07) is 1.52. The lowest BCUT2D eigenvalue weighted by atomic mass is 9.89. The van der Waals surface area contributed by atoms with Crippen molar-refractivity contribution in [2.24, 2.45) is 13.0 Å². The monoisotopic (exact) mass is 641 g/mol. The molecule has 3 amide bonds. The number of likely N-dealkylation sites (N-methyl/N-ethyl adjacent to an activating group) is 1. The van der Waals surface area contributed by atoms with Gasteiger partial charge in [0.15, 0.2) is 11.4 Å². The Morgan fingerprint density at radius 1 is 1.14 bits per heavy atom. The highest BCUT2D eigenvalue weighted by Gasteiger charge is 2.42. The SMILES string of the molecule is CC(C)CCN1C(=O)CN(S(=O)(=O)c2cccnc2C(F)(F)F)CCCNC(=O)CN(C)C(=O)c2nn(C)c3c2CC1CC3. The summed E-state index contributed by atoms with van der Waals surface area (Å²) >= 11 is 0. The van der Waals surface area contributed by atoms with E-state index in [0.29, 0.717) is 31.4 Å². The second-order valence-electron chi connectivity index (χ2n) is 11.6. The van der Waals surface area contributed by atoms with E-state index in [1.807, 2.05) is 13.8 Å². The van der Waals surface area contributed by atoms with Gasteiger partial charge in [0.2, 0.25) is 21.8 Å². The fourth-order valence-corrected chi connectivity index (χ4v) is 7.19. The van der Waals surface area contributed by atoms with Gasteiger partial charge in [-0.05, 0) is 50.2 Å². The molecule has 2 aromatic heterocycles. The average molecular weight is 642 g/mol. The Labute approximate surface area is 254 Å². The molecule has 2 aliphatic rings. The van der Waals surface area contributed by atoms with Gasteiger partial charge in [-0.3, -0.25) is 24.0 Å². The van der Waals surface area contributed by atoms with Crippen LogP contribution < -0.4 is 5.32 Å². The van der Waals surface area contributed by atoms with Crippen LogP contribution in [-0.2, 0) is 45.7 Å². The van der Waals surface area contributed by atoms with Crippen LogP contribution in [0.15, 0.2) is 23.2 Å². The molecule has 2 bridgehead atoms. The lowest BCUT2D eigenvalue weighted by molar-refractivity contribution is -0.143. The minimum atomic E-state index is -5.05. The number of carbonyl (C=O) groups excluding carboxylic acids is 3. The number of sulfonamides is 1. The minimum absolute atomic E-state index is 0.000690. The summed E-state index contributed by atoms with van der Waals surface area (Å²) in [6.07, 6.45) is -2.28. The van der Waals surface area contributed by atoms with Crippen LogP contribution in [0.25, 0.3) is 0 Å². The van der Waals surface area contributed by atoms with E-state index in [4.69, 9.17) is 0 Å². The molecule has 1 unspecified atom stereocenters. The highest BCUT2D eigenvalue weighted by Crippen LogP contribution is 2.34.